The molecule has 0 spiro atoms. The Balaban J connectivity index is 2.62. The molecule has 0 aromatic carbocycles. The quantitative estimate of drug-likeness (QED) is 0.622. The van der Waals surface area contributed by atoms with Crippen LogP contribution in [0.25, 0.3) is 0 Å². The van der Waals surface area contributed by atoms with E-state index < -0.39 is 0 Å². The molecule has 0 N–H and O–H groups in total. The van der Waals surface area contributed by atoms with Crippen molar-refractivity contribution in [2.75, 3.05) is 5.75 Å². The number of pyridine rings is 1. The maximum Gasteiger partial charge on any atom is 0.109 e. The van der Waals surface area contributed by atoms with Crippen LogP contribution >= 0.6 is 34.4 Å². The second-order valence-electron chi connectivity index (χ2n) is 2.14. The van der Waals surface area contributed by atoms with Crippen molar-refractivity contribution in [3.63, 3.8) is 0 Å². The van der Waals surface area contributed by atoms with Gasteiger partial charge in [0.2, 0.25) is 0 Å². The van der Waals surface area contributed by atoms with E-state index >= 15 is 0 Å². The summed E-state index contributed by atoms with van der Waals surface area (Å²) >= 11 is 4.15. The molecule has 0 amide bonds. The lowest BCUT2D eigenvalue weighted by Gasteiger charge is -1.99. The third-order valence-corrected chi connectivity index (χ3v) is 3.62. The van der Waals surface area contributed by atoms with Gasteiger partial charge in [0.05, 0.1) is 0 Å². The van der Waals surface area contributed by atoms with Crippen molar-refractivity contribution in [1.29, 1.82) is 0 Å². The third kappa shape index (κ3) is 2.99. The van der Waals surface area contributed by atoms with Crippen LogP contribution in [0.2, 0.25) is 0 Å². The molecule has 0 aliphatic rings. The Morgan fingerprint density at radius 3 is 3.09 bits per heavy atom. The van der Waals surface area contributed by atoms with Crippen LogP contribution in [0, 0.1) is 3.57 Å². The Morgan fingerprint density at radius 2 is 2.45 bits per heavy atom. The lowest BCUT2D eigenvalue weighted by atomic mass is 10.5. The zero-order valence-electron chi connectivity index (χ0n) is 6.38. The Bertz CT molecular complexity index is 227. The van der Waals surface area contributed by atoms with Gasteiger partial charge in [0, 0.05) is 9.77 Å². The second-order valence-corrected chi connectivity index (χ2v) is 4.38. The molecule has 0 unspecified atom stereocenters. The van der Waals surface area contributed by atoms with E-state index in [-0.39, 0.29) is 0 Å². The summed E-state index contributed by atoms with van der Waals surface area (Å²) in [7, 11) is 0. The summed E-state index contributed by atoms with van der Waals surface area (Å²) in [6.07, 6.45) is 3.05. The highest BCUT2D eigenvalue weighted by Crippen LogP contribution is 2.21. The summed E-state index contributed by atoms with van der Waals surface area (Å²) in [5.41, 5.74) is 0. The van der Waals surface area contributed by atoms with Gasteiger partial charge in [0.15, 0.2) is 0 Å². The minimum absolute atomic E-state index is 1.16. The van der Waals surface area contributed by atoms with Gasteiger partial charge in [-0.2, -0.15) is 0 Å². The number of rotatable bonds is 3. The SMILES string of the molecule is CCCSc1ncccc1I. The van der Waals surface area contributed by atoms with Gasteiger partial charge in [0.25, 0.3) is 0 Å². The predicted molar refractivity (Wildman–Crippen MR) is 58.0 cm³/mol. The molecular formula is C8H10INS. The molecule has 1 aromatic rings. The number of hydrogen-bond acceptors (Lipinski definition) is 2. The Morgan fingerprint density at radius 1 is 1.64 bits per heavy atom. The van der Waals surface area contributed by atoms with Gasteiger partial charge in [-0.3, -0.25) is 0 Å². The number of nitrogens with zero attached hydrogens (tertiary/aromatic N) is 1. The first kappa shape index (κ1) is 9.32. The van der Waals surface area contributed by atoms with Crippen molar-refractivity contribution in [1.82, 2.24) is 4.98 Å². The number of halogens is 1. The van der Waals surface area contributed by atoms with Crippen molar-refractivity contribution in [3.05, 3.63) is 21.9 Å². The van der Waals surface area contributed by atoms with Crippen LogP contribution in [-0.4, -0.2) is 10.7 Å². The lowest BCUT2D eigenvalue weighted by molar-refractivity contribution is 1.07. The first-order valence-electron chi connectivity index (χ1n) is 3.58. The van der Waals surface area contributed by atoms with E-state index in [4.69, 9.17) is 0 Å². The van der Waals surface area contributed by atoms with E-state index in [0.29, 0.717) is 0 Å². The fourth-order valence-electron chi connectivity index (χ4n) is 0.676. The minimum Gasteiger partial charge on any atom is -0.249 e. The number of thioether (sulfide) groups is 1. The van der Waals surface area contributed by atoms with Crippen molar-refractivity contribution < 1.29 is 0 Å². The smallest absolute Gasteiger partial charge is 0.109 e. The average molecular weight is 279 g/mol. The van der Waals surface area contributed by atoms with E-state index in [2.05, 4.69) is 40.6 Å². The van der Waals surface area contributed by atoms with E-state index in [1.54, 1.807) is 0 Å². The normalized spacial score (nSPS) is 10.0. The van der Waals surface area contributed by atoms with Gasteiger partial charge in [0.1, 0.15) is 5.03 Å². The van der Waals surface area contributed by atoms with Crippen molar-refractivity contribution in [3.8, 4) is 0 Å². The third-order valence-electron chi connectivity index (χ3n) is 1.17. The van der Waals surface area contributed by atoms with E-state index in [1.165, 1.54) is 9.99 Å². The monoisotopic (exact) mass is 279 g/mol. The second kappa shape index (κ2) is 4.98. The maximum atomic E-state index is 4.27. The molecule has 1 nitrogen and oxygen atoms in total. The van der Waals surface area contributed by atoms with Crippen molar-refractivity contribution in [2.45, 2.75) is 18.4 Å². The standard InChI is InChI=1S/C8H10INS/c1-2-6-11-8-7(9)4-3-5-10-8/h3-5H,2,6H2,1H3. The summed E-state index contributed by atoms with van der Waals surface area (Å²) in [4.78, 5) is 4.27. The highest BCUT2D eigenvalue weighted by molar-refractivity contribution is 14.1. The van der Waals surface area contributed by atoms with Gasteiger partial charge in [-0.05, 0) is 46.9 Å². The zero-order chi connectivity index (χ0) is 8.10. The van der Waals surface area contributed by atoms with Crippen molar-refractivity contribution >= 4 is 34.4 Å². The first-order chi connectivity index (χ1) is 5.34. The van der Waals surface area contributed by atoms with Gasteiger partial charge in [-0.1, -0.05) is 6.92 Å². The summed E-state index contributed by atoms with van der Waals surface area (Å²) in [6, 6.07) is 4.06. The topological polar surface area (TPSA) is 12.9 Å². The number of hydrogen-bond donors (Lipinski definition) is 0. The lowest BCUT2D eigenvalue weighted by Crippen LogP contribution is -1.84. The van der Waals surface area contributed by atoms with Crippen LogP contribution in [0.1, 0.15) is 13.3 Å². The van der Waals surface area contributed by atoms with Crippen LogP contribution in [0.3, 0.4) is 0 Å². The summed E-state index contributed by atoms with van der Waals surface area (Å²) in [5, 5.41) is 1.16. The maximum absolute atomic E-state index is 4.27. The fourth-order valence-corrected chi connectivity index (χ4v) is 2.23. The van der Waals surface area contributed by atoms with Crippen LogP contribution in [0.15, 0.2) is 23.4 Å². The molecule has 0 bridgehead atoms. The van der Waals surface area contributed by atoms with Crippen LogP contribution < -0.4 is 0 Å². The Hall–Kier alpha value is 0.230. The van der Waals surface area contributed by atoms with Crippen LogP contribution in [0.5, 0.6) is 0 Å². The van der Waals surface area contributed by atoms with E-state index in [0.717, 1.165) is 10.8 Å². The molecule has 0 fully saturated rings. The minimum atomic E-state index is 1.16. The molecule has 60 valence electrons. The molecule has 0 aliphatic heterocycles. The van der Waals surface area contributed by atoms with E-state index in [1.807, 2.05) is 24.0 Å². The van der Waals surface area contributed by atoms with E-state index in [9.17, 15) is 0 Å². The summed E-state index contributed by atoms with van der Waals surface area (Å²) in [5.74, 6) is 1.16. The average Bonchev–Trinajstić information content (AvgIpc) is 2.03. The van der Waals surface area contributed by atoms with Crippen LogP contribution in [0.4, 0.5) is 0 Å². The molecule has 1 heterocycles. The van der Waals surface area contributed by atoms with Gasteiger partial charge in [-0.25, -0.2) is 4.98 Å². The molecule has 11 heavy (non-hydrogen) atoms. The predicted octanol–water partition coefficient (Wildman–Crippen LogP) is 3.19. The molecule has 1 rings (SSSR count). The Labute approximate surface area is 85.1 Å². The van der Waals surface area contributed by atoms with Crippen molar-refractivity contribution in [2.24, 2.45) is 0 Å². The fraction of sp³-hybridized carbons (Fsp3) is 0.375. The summed E-state index contributed by atoms with van der Waals surface area (Å²) < 4.78 is 1.25. The molecule has 0 saturated carbocycles. The molecule has 0 saturated heterocycles. The number of aromatic nitrogens is 1. The molecule has 0 aliphatic carbocycles. The highest BCUT2D eigenvalue weighted by Gasteiger charge is 1.98. The highest BCUT2D eigenvalue weighted by atomic mass is 127. The largest absolute Gasteiger partial charge is 0.249 e. The zero-order valence-corrected chi connectivity index (χ0v) is 9.35. The first-order valence-corrected chi connectivity index (χ1v) is 5.64. The van der Waals surface area contributed by atoms with Gasteiger partial charge < -0.3 is 0 Å². The molecule has 3 heteroatoms. The summed E-state index contributed by atoms with van der Waals surface area (Å²) in [6.45, 7) is 2.18. The Kier molecular flexibility index (Phi) is 4.22. The molecular weight excluding hydrogens is 269 g/mol. The van der Waals surface area contributed by atoms with Gasteiger partial charge in [-0.15, -0.1) is 11.8 Å². The van der Waals surface area contributed by atoms with Gasteiger partial charge >= 0.3 is 0 Å². The molecule has 0 atom stereocenters. The van der Waals surface area contributed by atoms with Crippen LogP contribution in [-0.2, 0) is 0 Å². The molecule has 0 radical (unpaired) electrons. The molecule has 1 aromatic heterocycles.